The van der Waals surface area contributed by atoms with Gasteiger partial charge in [-0.3, -0.25) is 9.71 Å². The number of nitrogens with zero attached hydrogens (tertiary/aromatic N) is 1. The van der Waals surface area contributed by atoms with Crippen molar-refractivity contribution in [2.45, 2.75) is 17.7 Å². The van der Waals surface area contributed by atoms with Gasteiger partial charge in [-0.15, -0.1) is 0 Å². The first-order chi connectivity index (χ1) is 14.1. The maximum atomic E-state index is 12.4. The molecular formula is C22H20N2O4S. The molecule has 0 fully saturated rings. The van der Waals surface area contributed by atoms with Crippen LogP contribution < -0.4 is 4.72 Å². The van der Waals surface area contributed by atoms with E-state index >= 15 is 0 Å². The Hall–Kier alpha value is -3.19. The number of ether oxygens (including phenoxy) is 1. The van der Waals surface area contributed by atoms with E-state index in [1.54, 1.807) is 30.3 Å². The van der Waals surface area contributed by atoms with Gasteiger partial charge in [0.1, 0.15) is 5.84 Å². The Morgan fingerprint density at radius 3 is 2.59 bits per heavy atom. The standard InChI is InChI=1S/C22H20N2O4S/c25-22(18-12-7-9-16-8-1-2-10-17(16)18)28-15-6-5-14-23-21-19-11-3-4-13-20(19)29(26,27)24-21/h1-4,7-13H,5-6,14-15H2,(H,23,24). The molecule has 1 N–H and O–H groups in total. The summed E-state index contributed by atoms with van der Waals surface area (Å²) in [7, 11) is -3.51. The van der Waals surface area contributed by atoms with Gasteiger partial charge < -0.3 is 4.74 Å². The van der Waals surface area contributed by atoms with Crippen LogP contribution in [0.5, 0.6) is 0 Å². The molecule has 7 heteroatoms. The third-order valence-corrected chi connectivity index (χ3v) is 6.12. The highest BCUT2D eigenvalue weighted by Gasteiger charge is 2.29. The summed E-state index contributed by atoms with van der Waals surface area (Å²) in [5, 5.41) is 1.87. The lowest BCUT2D eigenvalue weighted by atomic mass is 10.1. The van der Waals surface area contributed by atoms with Crippen molar-refractivity contribution in [3.05, 3.63) is 77.9 Å². The summed E-state index contributed by atoms with van der Waals surface area (Å²) in [5.41, 5.74) is 1.15. The number of hydrogen-bond acceptors (Lipinski definition) is 5. The topological polar surface area (TPSA) is 84.8 Å². The number of fused-ring (bicyclic) bond motifs is 2. The summed E-state index contributed by atoms with van der Waals surface area (Å²) in [6.07, 6.45) is 1.32. The molecule has 0 unspecified atom stereocenters. The van der Waals surface area contributed by atoms with Crippen LogP contribution in [0.15, 0.2) is 76.6 Å². The van der Waals surface area contributed by atoms with Gasteiger partial charge in [0.05, 0.1) is 17.1 Å². The molecule has 0 saturated heterocycles. The molecule has 0 saturated carbocycles. The molecule has 0 spiro atoms. The van der Waals surface area contributed by atoms with Crippen LogP contribution in [0.1, 0.15) is 28.8 Å². The van der Waals surface area contributed by atoms with Crippen LogP contribution in [0.4, 0.5) is 0 Å². The average Bonchev–Trinajstić information content (AvgIpc) is 3.00. The Morgan fingerprint density at radius 2 is 1.69 bits per heavy atom. The second-order valence-corrected chi connectivity index (χ2v) is 8.35. The number of carbonyl (C=O) groups is 1. The van der Waals surface area contributed by atoms with Crippen molar-refractivity contribution in [3.63, 3.8) is 0 Å². The third-order valence-electron chi connectivity index (χ3n) is 4.73. The average molecular weight is 408 g/mol. The predicted molar refractivity (Wildman–Crippen MR) is 112 cm³/mol. The van der Waals surface area contributed by atoms with Crippen molar-refractivity contribution in [2.24, 2.45) is 4.99 Å². The molecule has 29 heavy (non-hydrogen) atoms. The minimum Gasteiger partial charge on any atom is -0.462 e. The molecule has 1 aliphatic rings. The van der Waals surface area contributed by atoms with Gasteiger partial charge in [-0.2, -0.15) is 0 Å². The number of hydrogen-bond donors (Lipinski definition) is 1. The molecule has 1 aliphatic heterocycles. The summed E-state index contributed by atoms with van der Waals surface area (Å²) in [6, 6.07) is 20.0. The second-order valence-electron chi connectivity index (χ2n) is 6.70. The van der Waals surface area contributed by atoms with Crippen LogP contribution >= 0.6 is 0 Å². The van der Waals surface area contributed by atoms with E-state index in [4.69, 9.17) is 4.74 Å². The zero-order valence-electron chi connectivity index (χ0n) is 15.7. The van der Waals surface area contributed by atoms with Crippen LogP contribution in [0.2, 0.25) is 0 Å². The number of rotatable bonds is 6. The molecular weight excluding hydrogens is 388 g/mol. The van der Waals surface area contributed by atoms with Gasteiger partial charge in [-0.05, 0) is 41.8 Å². The molecule has 4 rings (SSSR count). The second kappa shape index (κ2) is 8.05. The zero-order valence-corrected chi connectivity index (χ0v) is 16.5. The van der Waals surface area contributed by atoms with Gasteiger partial charge in [-0.25, -0.2) is 13.2 Å². The molecule has 3 aromatic rings. The quantitative estimate of drug-likeness (QED) is 0.500. The number of nitrogens with one attached hydrogen (secondary N) is 1. The molecule has 0 atom stereocenters. The van der Waals surface area contributed by atoms with Crippen LogP contribution in [-0.2, 0) is 14.8 Å². The third kappa shape index (κ3) is 4.00. The molecule has 6 nitrogen and oxygen atoms in total. The number of aliphatic imine (C=N–C) groups is 1. The van der Waals surface area contributed by atoms with Crippen LogP contribution in [0.3, 0.4) is 0 Å². The summed E-state index contributed by atoms with van der Waals surface area (Å²) >= 11 is 0. The Labute approximate surface area is 169 Å². The summed E-state index contributed by atoms with van der Waals surface area (Å²) in [5.74, 6) is 0.0268. The van der Waals surface area contributed by atoms with Crippen molar-refractivity contribution in [2.75, 3.05) is 13.2 Å². The summed E-state index contributed by atoms with van der Waals surface area (Å²) in [6.45, 7) is 0.729. The lowest BCUT2D eigenvalue weighted by Crippen LogP contribution is -2.22. The fourth-order valence-electron chi connectivity index (χ4n) is 3.30. The maximum absolute atomic E-state index is 12.4. The SMILES string of the molecule is O=C(OCCCCN=C1NS(=O)(=O)c2ccccc21)c1cccc2ccccc12. The molecule has 1 heterocycles. The number of amidine groups is 1. The molecule has 0 aliphatic carbocycles. The first-order valence-corrected chi connectivity index (χ1v) is 10.9. The monoisotopic (exact) mass is 408 g/mol. The molecule has 3 aromatic carbocycles. The fourth-order valence-corrected chi connectivity index (χ4v) is 4.55. The van der Waals surface area contributed by atoms with E-state index in [1.807, 2.05) is 36.4 Å². The lowest BCUT2D eigenvalue weighted by molar-refractivity contribution is 0.0501. The van der Waals surface area contributed by atoms with E-state index in [0.717, 1.165) is 10.8 Å². The summed E-state index contributed by atoms with van der Waals surface area (Å²) in [4.78, 5) is 17.0. The Balaban J connectivity index is 1.30. The summed E-state index contributed by atoms with van der Waals surface area (Å²) < 4.78 is 32.0. The van der Waals surface area contributed by atoms with E-state index in [2.05, 4.69) is 9.71 Å². The Bertz CT molecular complexity index is 1200. The highest BCUT2D eigenvalue weighted by Crippen LogP contribution is 2.22. The first kappa shape index (κ1) is 19.1. The number of unbranched alkanes of at least 4 members (excludes halogenated alkanes) is 1. The normalized spacial score (nSPS) is 15.8. The van der Waals surface area contributed by atoms with Crippen LogP contribution in [0.25, 0.3) is 10.8 Å². The molecule has 0 bridgehead atoms. The van der Waals surface area contributed by atoms with Crippen LogP contribution in [0, 0.1) is 0 Å². The maximum Gasteiger partial charge on any atom is 0.338 e. The van der Waals surface area contributed by atoms with Gasteiger partial charge >= 0.3 is 5.97 Å². The Kier molecular flexibility index (Phi) is 5.31. The number of benzene rings is 3. The van der Waals surface area contributed by atoms with E-state index < -0.39 is 10.0 Å². The molecule has 0 radical (unpaired) electrons. The van der Waals surface area contributed by atoms with Gasteiger partial charge in [0.2, 0.25) is 0 Å². The predicted octanol–water partition coefficient (Wildman–Crippen LogP) is 3.52. The van der Waals surface area contributed by atoms with Gasteiger partial charge in [0, 0.05) is 12.1 Å². The number of esters is 1. The van der Waals surface area contributed by atoms with Gasteiger partial charge in [0.25, 0.3) is 10.0 Å². The number of sulfonamides is 1. The fraction of sp³-hybridized carbons (Fsp3) is 0.182. The highest BCUT2D eigenvalue weighted by atomic mass is 32.2. The first-order valence-electron chi connectivity index (χ1n) is 9.38. The van der Waals surface area contributed by atoms with Crippen molar-refractivity contribution in [1.82, 2.24) is 4.72 Å². The molecule has 148 valence electrons. The number of carbonyl (C=O) groups excluding carboxylic acids is 1. The minimum absolute atomic E-state index is 0.253. The highest BCUT2D eigenvalue weighted by molar-refractivity contribution is 7.90. The smallest absolute Gasteiger partial charge is 0.338 e. The van der Waals surface area contributed by atoms with Crippen LogP contribution in [-0.4, -0.2) is 33.4 Å². The van der Waals surface area contributed by atoms with Crippen molar-refractivity contribution >= 4 is 32.6 Å². The van der Waals surface area contributed by atoms with Crippen molar-refractivity contribution < 1.29 is 17.9 Å². The lowest BCUT2D eigenvalue weighted by Gasteiger charge is -2.07. The van der Waals surface area contributed by atoms with Gasteiger partial charge in [-0.1, -0.05) is 48.5 Å². The van der Waals surface area contributed by atoms with E-state index in [1.165, 1.54) is 0 Å². The van der Waals surface area contributed by atoms with Crippen molar-refractivity contribution in [3.8, 4) is 0 Å². The molecule has 0 aromatic heterocycles. The van der Waals surface area contributed by atoms with E-state index in [-0.39, 0.29) is 17.5 Å². The van der Waals surface area contributed by atoms with Gasteiger partial charge in [0.15, 0.2) is 0 Å². The van der Waals surface area contributed by atoms with Crippen molar-refractivity contribution in [1.29, 1.82) is 0 Å². The zero-order chi connectivity index (χ0) is 20.3. The Morgan fingerprint density at radius 1 is 0.931 bits per heavy atom. The largest absolute Gasteiger partial charge is 0.462 e. The van der Waals surface area contributed by atoms with E-state index in [0.29, 0.717) is 36.3 Å². The minimum atomic E-state index is -3.51. The van der Waals surface area contributed by atoms with E-state index in [9.17, 15) is 13.2 Å². The molecule has 0 amide bonds.